The molecule has 1 aromatic heterocycles. The van der Waals surface area contributed by atoms with Gasteiger partial charge < -0.3 is 10.1 Å². The number of aromatic nitrogens is 2. The number of amides is 1. The summed E-state index contributed by atoms with van der Waals surface area (Å²) in [6.07, 6.45) is 1.45. The van der Waals surface area contributed by atoms with Gasteiger partial charge in [-0.3, -0.25) is 10.1 Å². The second-order valence-corrected chi connectivity index (χ2v) is 5.94. The van der Waals surface area contributed by atoms with Gasteiger partial charge in [-0.15, -0.1) is 10.2 Å². The molecule has 0 spiro atoms. The maximum absolute atomic E-state index is 12.4. The van der Waals surface area contributed by atoms with Crippen LogP contribution < -0.4 is 15.4 Å². The van der Waals surface area contributed by atoms with Gasteiger partial charge in [-0.1, -0.05) is 37.3 Å². The summed E-state index contributed by atoms with van der Waals surface area (Å²) < 4.78 is 5.58. The normalized spacial score (nSPS) is 11.8. The number of carbonyl (C=O) groups is 1. The fourth-order valence-electron chi connectivity index (χ4n) is 2.05. The van der Waals surface area contributed by atoms with Crippen LogP contribution in [0.2, 0.25) is 0 Å². The maximum Gasteiger partial charge on any atom is 0.248 e. The summed E-state index contributed by atoms with van der Waals surface area (Å²) in [4.78, 5) is 12.4. The van der Waals surface area contributed by atoms with Crippen LogP contribution in [0.1, 0.15) is 32.2 Å². The largest absolute Gasteiger partial charge is 0.492 e. The molecule has 0 fully saturated rings. The Morgan fingerprint density at radius 2 is 2.04 bits per heavy atom. The number of benzene rings is 1. The molecule has 1 aromatic carbocycles. The molecule has 1 heterocycles. The number of carbonyl (C=O) groups excluding carboxylic acids is 1. The zero-order valence-electron chi connectivity index (χ0n) is 13.6. The van der Waals surface area contributed by atoms with Crippen molar-refractivity contribution in [1.82, 2.24) is 10.2 Å². The summed E-state index contributed by atoms with van der Waals surface area (Å²) in [5, 5.41) is 15.5. The molecular formula is C16H22N4O2S. The Kier molecular flexibility index (Phi) is 6.34. The number of rotatable bonds is 8. The van der Waals surface area contributed by atoms with Gasteiger partial charge in [-0.25, -0.2) is 0 Å². The molecule has 2 N–H and O–H groups in total. The van der Waals surface area contributed by atoms with Crippen LogP contribution in [0.25, 0.3) is 0 Å². The predicted molar refractivity (Wildman–Crippen MR) is 93.2 cm³/mol. The van der Waals surface area contributed by atoms with Gasteiger partial charge in [0.1, 0.15) is 16.8 Å². The first-order valence-corrected chi connectivity index (χ1v) is 8.61. The number of ether oxygens (including phenoxy) is 1. The van der Waals surface area contributed by atoms with E-state index in [0.717, 1.165) is 22.9 Å². The van der Waals surface area contributed by atoms with Crippen molar-refractivity contribution in [3.63, 3.8) is 0 Å². The molecule has 1 amide bonds. The smallest absolute Gasteiger partial charge is 0.248 e. The number of anilines is 2. The topological polar surface area (TPSA) is 76.1 Å². The summed E-state index contributed by atoms with van der Waals surface area (Å²) in [5.74, 6) is 0.614. The van der Waals surface area contributed by atoms with Gasteiger partial charge in [0.05, 0.1) is 12.3 Å². The molecular weight excluding hydrogens is 312 g/mol. The van der Waals surface area contributed by atoms with Crippen LogP contribution in [-0.2, 0) is 11.2 Å². The van der Waals surface area contributed by atoms with Crippen molar-refractivity contribution in [3.05, 3.63) is 29.3 Å². The quantitative estimate of drug-likeness (QED) is 0.774. The molecule has 124 valence electrons. The van der Waals surface area contributed by atoms with Crippen LogP contribution in [0.3, 0.4) is 0 Å². The van der Waals surface area contributed by atoms with Gasteiger partial charge in [0.25, 0.3) is 0 Å². The summed E-state index contributed by atoms with van der Waals surface area (Å²) >= 11 is 1.40. The standard InChI is InChI=1S/C16H22N4O2S/c1-4-11(15(21)18-16-20-19-14(5-2)23-16)17-12-9-7-8-10-13(12)22-6-3/h7-11,17H,4-6H2,1-3H3,(H,18,20,21)/t11-/m0/s1. The van der Waals surface area contributed by atoms with E-state index in [1.165, 1.54) is 11.3 Å². The van der Waals surface area contributed by atoms with Crippen molar-refractivity contribution in [3.8, 4) is 5.75 Å². The van der Waals surface area contributed by atoms with Crippen LogP contribution in [0.5, 0.6) is 5.75 Å². The molecule has 23 heavy (non-hydrogen) atoms. The van der Waals surface area contributed by atoms with E-state index in [0.29, 0.717) is 18.2 Å². The highest BCUT2D eigenvalue weighted by Gasteiger charge is 2.19. The third kappa shape index (κ3) is 4.66. The van der Waals surface area contributed by atoms with E-state index in [4.69, 9.17) is 4.74 Å². The monoisotopic (exact) mass is 334 g/mol. The highest BCUT2D eigenvalue weighted by Crippen LogP contribution is 2.25. The van der Waals surface area contributed by atoms with Gasteiger partial charge in [-0.05, 0) is 31.9 Å². The molecule has 0 aliphatic carbocycles. The van der Waals surface area contributed by atoms with Crippen molar-refractivity contribution >= 4 is 28.1 Å². The van der Waals surface area contributed by atoms with Gasteiger partial charge in [-0.2, -0.15) is 0 Å². The van der Waals surface area contributed by atoms with E-state index in [2.05, 4.69) is 20.8 Å². The summed E-state index contributed by atoms with van der Waals surface area (Å²) in [6, 6.07) is 7.24. The van der Waals surface area contributed by atoms with Crippen molar-refractivity contribution in [2.24, 2.45) is 0 Å². The van der Waals surface area contributed by atoms with E-state index in [9.17, 15) is 4.79 Å². The molecule has 2 rings (SSSR count). The number of nitrogens with one attached hydrogen (secondary N) is 2. The van der Waals surface area contributed by atoms with E-state index >= 15 is 0 Å². The highest BCUT2D eigenvalue weighted by atomic mass is 32.1. The van der Waals surface area contributed by atoms with E-state index in [-0.39, 0.29) is 11.9 Å². The van der Waals surface area contributed by atoms with E-state index < -0.39 is 0 Å². The molecule has 0 radical (unpaired) electrons. The second kappa shape index (κ2) is 8.47. The Morgan fingerprint density at radius 1 is 1.26 bits per heavy atom. The fourth-order valence-corrected chi connectivity index (χ4v) is 2.73. The zero-order chi connectivity index (χ0) is 16.7. The SMILES string of the molecule is CCOc1ccccc1N[C@@H](CC)C(=O)Nc1nnc(CC)s1. The number of hydrogen-bond donors (Lipinski definition) is 2. The van der Waals surface area contributed by atoms with Gasteiger partial charge in [0.15, 0.2) is 0 Å². The fraction of sp³-hybridized carbons (Fsp3) is 0.438. The molecule has 0 aliphatic rings. The first-order valence-electron chi connectivity index (χ1n) is 7.79. The summed E-state index contributed by atoms with van der Waals surface area (Å²) in [5.41, 5.74) is 0.808. The minimum absolute atomic E-state index is 0.127. The highest BCUT2D eigenvalue weighted by molar-refractivity contribution is 7.15. The van der Waals surface area contributed by atoms with Crippen LogP contribution in [0.4, 0.5) is 10.8 Å². The number of aryl methyl sites for hydroxylation is 1. The number of hydrogen-bond acceptors (Lipinski definition) is 6. The minimum atomic E-state index is -0.370. The number of nitrogens with zero attached hydrogens (tertiary/aromatic N) is 2. The third-order valence-corrected chi connectivity index (χ3v) is 4.22. The van der Waals surface area contributed by atoms with Crippen LogP contribution in [0, 0.1) is 0 Å². The lowest BCUT2D eigenvalue weighted by Gasteiger charge is -2.19. The summed E-state index contributed by atoms with van der Waals surface area (Å²) in [6.45, 7) is 6.47. The minimum Gasteiger partial charge on any atom is -0.492 e. The molecule has 0 unspecified atom stereocenters. The zero-order valence-corrected chi connectivity index (χ0v) is 14.4. The molecule has 6 nitrogen and oxygen atoms in total. The molecule has 0 aliphatic heterocycles. The average Bonchev–Trinajstić information content (AvgIpc) is 3.01. The number of para-hydroxylation sites is 2. The van der Waals surface area contributed by atoms with E-state index in [1.807, 2.05) is 45.0 Å². The van der Waals surface area contributed by atoms with Crippen molar-refractivity contribution in [1.29, 1.82) is 0 Å². The average molecular weight is 334 g/mol. The molecule has 0 saturated carbocycles. The van der Waals surface area contributed by atoms with Crippen LogP contribution in [-0.4, -0.2) is 28.8 Å². The van der Waals surface area contributed by atoms with Gasteiger partial charge in [0.2, 0.25) is 11.0 Å². The molecule has 2 aromatic rings. The lowest BCUT2D eigenvalue weighted by molar-refractivity contribution is -0.117. The first-order chi connectivity index (χ1) is 11.2. The van der Waals surface area contributed by atoms with Crippen molar-refractivity contribution < 1.29 is 9.53 Å². The van der Waals surface area contributed by atoms with Gasteiger partial charge in [0, 0.05) is 0 Å². The van der Waals surface area contributed by atoms with Crippen LogP contribution >= 0.6 is 11.3 Å². The molecule has 0 bridgehead atoms. The molecule has 1 atom stereocenters. The van der Waals surface area contributed by atoms with Gasteiger partial charge >= 0.3 is 0 Å². The molecule has 7 heteroatoms. The summed E-state index contributed by atoms with van der Waals surface area (Å²) in [7, 11) is 0. The Hall–Kier alpha value is -2.15. The second-order valence-electron chi connectivity index (χ2n) is 4.88. The Morgan fingerprint density at radius 3 is 2.70 bits per heavy atom. The predicted octanol–water partition coefficient (Wildman–Crippen LogP) is 3.33. The lowest BCUT2D eigenvalue weighted by Crippen LogP contribution is -2.34. The lowest BCUT2D eigenvalue weighted by atomic mass is 10.2. The van der Waals surface area contributed by atoms with Crippen molar-refractivity contribution in [2.45, 2.75) is 39.7 Å². The van der Waals surface area contributed by atoms with Crippen molar-refractivity contribution in [2.75, 3.05) is 17.2 Å². The van der Waals surface area contributed by atoms with Crippen LogP contribution in [0.15, 0.2) is 24.3 Å². The third-order valence-electron chi connectivity index (χ3n) is 3.24. The van der Waals surface area contributed by atoms with E-state index in [1.54, 1.807) is 0 Å². The molecule has 0 saturated heterocycles. The Balaban J connectivity index is 2.05. The Labute approximate surface area is 140 Å². The Bertz CT molecular complexity index is 645. The maximum atomic E-state index is 12.4. The first kappa shape index (κ1) is 17.2.